The number of nitrogens with zero attached hydrogens (tertiary/aromatic N) is 3. The quantitative estimate of drug-likeness (QED) is 0.853. The Balaban J connectivity index is 1.47. The summed E-state index contributed by atoms with van der Waals surface area (Å²) >= 11 is 1.75. The highest BCUT2D eigenvalue weighted by Crippen LogP contribution is 2.12. The largest absolute Gasteiger partial charge is 0.297 e. The summed E-state index contributed by atoms with van der Waals surface area (Å²) in [5.41, 5.74) is 1.41. The molecule has 0 aliphatic carbocycles. The lowest BCUT2D eigenvalue weighted by Gasteiger charge is -2.34. The number of benzene rings is 1. The molecule has 19 heavy (non-hydrogen) atoms. The van der Waals surface area contributed by atoms with Crippen LogP contribution in [0.15, 0.2) is 41.9 Å². The molecule has 100 valence electrons. The fraction of sp³-hybridized carbons (Fsp3) is 0.400. The van der Waals surface area contributed by atoms with Crippen LogP contribution in [0.4, 0.5) is 0 Å². The SMILES string of the molecule is c1ccc(CN2CCN(Cc3nccs3)CC2)cc1. The molecule has 4 heteroatoms. The van der Waals surface area contributed by atoms with E-state index in [0.717, 1.165) is 39.3 Å². The Kier molecular flexibility index (Phi) is 4.23. The van der Waals surface area contributed by atoms with Gasteiger partial charge in [0.15, 0.2) is 0 Å². The maximum Gasteiger partial charge on any atom is 0.107 e. The second-order valence-electron chi connectivity index (χ2n) is 4.96. The Labute approximate surface area is 118 Å². The molecule has 0 spiro atoms. The lowest BCUT2D eigenvalue weighted by Crippen LogP contribution is -2.45. The Bertz CT molecular complexity index is 475. The van der Waals surface area contributed by atoms with Crippen molar-refractivity contribution in [3.05, 3.63) is 52.5 Å². The first kappa shape index (κ1) is 12.8. The van der Waals surface area contributed by atoms with Crippen molar-refractivity contribution in [2.24, 2.45) is 0 Å². The van der Waals surface area contributed by atoms with Crippen LogP contribution in [-0.4, -0.2) is 41.0 Å². The van der Waals surface area contributed by atoms with Gasteiger partial charge in [0.25, 0.3) is 0 Å². The molecule has 0 amide bonds. The summed E-state index contributed by atoms with van der Waals surface area (Å²) in [6.07, 6.45) is 1.89. The van der Waals surface area contributed by atoms with E-state index in [1.807, 2.05) is 6.20 Å². The third-order valence-corrected chi connectivity index (χ3v) is 4.32. The van der Waals surface area contributed by atoms with Crippen LogP contribution in [0.25, 0.3) is 0 Å². The van der Waals surface area contributed by atoms with Gasteiger partial charge in [-0.05, 0) is 5.56 Å². The molecule has 1 aliphatic heterocycles. The molecule has 1 aromatic heterocycles. The van der Waals surface area contributed by atoms with Gasteiger partial charge < -0.3 is 0 Å². The molecule has 0 bridgehead atoms. The van der Waals surface area contributed by atoms with Gasteiger partial charge in [0.2, 0.25) is 0 Å². The van der Waals surface area contributed by atoms with E-state index in [0.29, 0.717) is 0 Å². The van der Waals surface area contributed by atoms with E-state index >= 15 is 0 Å². The zero-order chi connectivity index (χ0) is 12.9. The van der Waals surface area contributed by atoms with Gasteiger partial charge in [-0.25, -0.2) is 4.98 Å². The summed E-state index contributed by atoms with van der Waals surface area (Å²) in [5, 5.41) is 3.29. The predicted molar refractivity (Wildman–Crippen MR) is 79.1 cm³/mol. The number of aromatic nitrogens is 1. The predicted octanol–water partition coefficient (Wildman–Crippen LogP) is 2.46. The van der Waals surface area contributed by atoms with Gasteiger partial charge in [-0.1, -0.05) is 30.3 Å². The van der Waals surface area contributed by atoms with Crippen molar-refractivity contribution in [1.29, 1.82) is 0 Å². The molecular formula is C15H19N3S. The van der Waals surface area contributed by atoms with Crippen molar-refractivity contribution in [3.8, 4) is 0 Å². The molecule has 0 N–H and O–H groups in total. The van der Waals surface area contributed by atoms with Gasteiger partial charge in [-0.3, -0.25) is 9.80 Å². The van der Waals surface area contributed by atoms with Crippen molar-refractivity contribution in [3.63, 3.8) is 0 Å². The number of hydrogen-bond acceptors (Lipinski definition) is 4. The topological polar surface area (TPSA) is 19.4 Å². The summed E-state index contributed by atoms with van der Waals surface area (Å²) < 4.78 is 0. The number of hydrogen-bond donors (Lipinski definition) is 0. The van der Waals surface area contributed by atoms with Crippen LogP contribution < -0.4 is 0 Å². The van der Waals surface area contributed by atoms with Gasteiger partial charge in [0.05, 0.1) is 6.54 Å². The molecule has 1 aromatic carbocycles. The Morgan fingerprint density at radius 1 is 0.947 bits per heavy atom. The molecular weight excluding hydrogens is 254 g/mol. The first-order valence-electron chi connectivity index (χ1n) is 6.77. The zero-order valence-electron chi connectivity index (χ0n) is 11.0. The van der Waals surface area contributed by atoms with E-state index in [2.05, 4.69) is 50.5 Å². The Morgan fingerprint density at radius 2 is 1.63 bits per heavy atom. The number of thiazole rings is 1. The molecule has 1 saturated heterocycles. The van der Waals surface area contributed by atoms with E-state index in [1.165, 1.54) is 10.6 Å². The van der Waals surface area contributed by atoms with Crippen LogP contribution in [0.3, 0.4) is 0 Å². The molecule has 3 nitrogen and oxygen atoms in total. The fourth-order valence-electron chi connectivity index (χ4n) is 2.47. The van der Waals surface area contributed by atoms with Crippen molar-refractivity contribution >= 4 is 11.3 Å². The van der Waals surface area contributed by atoms with Crippen molar-refractivity contribution < 1.29 is 0 Å². The van der Waals surface area contributed by atoms with E-state index < -0.39 is 0 Å². The first-order valence-corrected chi connectivity index (χ1v) is 7.65. The third kappa shape index (κ3) is 3.62. The molecule has 2 heterocycles. The van der Waals surface area contributed by atoms with Gasteiger partial charge in [0, 0.05) is 44.3 Å². The molecule has 0 atom stereocenters. The van der Waals surface area contributed by atoms with Gasteiger partial charge in [0.1, 0.15) is 5.01 Å². The van der Waals surface area contributed by atoms with E-state index in [4.69, 9.17) is 0 Å². The molecule has 0 radical (unpaired) electrons. The second-order valence-corrected chi connectivity index (χ2v) is 5.94. The standard InChI is InChI=1S/C15H19N3S/c1-2-4-14(5-3-1)12-17-7-9-18(10-8-17)13-15-16-6-11-19-15/h1-6,11H,7-10,12-13H2. The fourth-order valence-corrected chi connectivity index (χ4v) is 3.13. The Morgan fingerprint density at radius 3 is 2.26 bits per heavy atom. The normalized spacial score (nSPS) is 17.7. The minimum atomic E-state index is 1.01. The minimum Gasteiger partial charge on any atom is -0.297 e. The second kappa shape index (κ2) is 6.28. The lowest BCUT2D eigenvalue weighted by atomic mass is 10.2. The lowest BCUT2D eigenvalue weighted by molar-refractivity contribution is 0.122. The van der Waals surface area contributed by atoms with Crippen molar-refractivity contribution in [1.82, 2.24) is 14.8 Å². The summed E-state index contributed by atoms with van der Waals surface area (Å²) in [6.45, 7) is 6.68. The van der Waals surface area contributed by atoms with Crippen LogP contribution in [0.2, 0.25) is 0 Å². The van der Waals surface area contributed by atoms with Crippen molar-refractivity contribution in [2.75, 3.05) is 26.2 Å². The number of piperazine rings is 1. The van der Waals surface area contributed by atoms with E-state index in [-0.39, 0.29) is 0 Å². The van der Waals surface area contributed by atoms with Gasteiger partial charge in [-0.2, -0.15) is 0 Å². The Hall–Kier alpha value is -1.23. The maximum absolute atomic E-state index is 4.36. The average Bonchev–Trinajstić information content (AvgIpc) is 2.95. The molecule has 1 fully saturated rings. The summed E-state index contributed by atoms with van der Waals surface area (Å²) in [4.78, 5) is 9.40. The summed E-state index contributed by atoms with van der Waals surface area (Å²) in [7, 11) is 0. The smallest absolute Gasteiger partial charge is 0.107 e. The van der Waals surface area contributed by atoms with Crippen molar-refractivity contribution in [2.45, 2.75) is 13.1 Å². The monoisotopic (exact) mass is 273 g/mol. The van der Waals surface area contributed by atoms with E-state index in [9.17, 15) is 0 Å². The molecule has 2 aromatic rings. The van der Waals surface area contributed by atoms with Crippen LogP contribution in [0.1, 0.15) is 10.6 Å². The maximum atomic E-state index is 4.36. The van der Waals surface area contributed by atoms with Crippen LogP contribution in [0.5, 0.6) is 0 Å². The molecule has 0 saturated carbocycles. The van der Waals surface area contributed by atoms with Crippen LogP contribution in [-0.2, 0) is 13.1 Å². The first-order chi connectivity index (χ1) is 9.40. The van der Waals surface area contributed by atoms with Gasteiger partial charge >= 0.3 is 0 Å². The highest BCUT2D eigenvalue weighted by atomic mass is 32.1. The summed E-state index contributed by atoms with van der Waals surface area (Å²) in [5.74, 6) is 0. The third-order valence-electron chi connectivity index (χ3n) is 3.56. The van der Waals surface area contributed by atoms with Crippen LogP contribution in [0, 0.1) is 0 Å². The highest BCUT2D eigenvalue weighted by Gasteiger charge is 2.17. The zero-order valence-corrected chi connectivity index (χ0v) is 11.9. The molecule has 1 aliphatic rings. The minimum absolute atomic E-state index is 1.01. The van der Waals surface area contributed by atoms with Gasteiger partial charge in [-0.15, -0.1) is 11.3 Å². The molecule has 3 rings (SSSR count). The number of rotatable bonds is 4. The summed E-state index contributed by atoms with van der Waals surface area (Å²) in [6, 6.07) is 10.7. The molecule has 0 unspecified atom stereocenters. The van der Waals surface area contributed by atoms with Crippen LogP contribution >= 0.6 is 11.3 Å². The average molecular weight is 273 g/mol. The highest BCUT2D eigenvalue weighted by molar-refractivity contribution is 7.09. The van der Waals surface area contributed by atoms with E-state index in [1.54, 1.807) is 11.3 Å².